The average molecular weight is 253 g/mol. The molecule has 0 bridgehead atoms. The SMILES string of the molecule is CCN(CC)CC#CC(C)(O)C1(O)CCCCC1. The summed E-state index contributed by atoms with van der Waals surface area (Å²) in [7, 11) is 0. The highest BCUT2D eigenvalue weighted by Crippen LogP contribution is 2.36. The Kier molecular flexibility index (Phi) is 5.65. The molecule has 1 unspecified atom stereocenters. The summed E-state index contributed by atoms with van der Waals surface area (Å²) in [6, 6.07) is 0. The first-order valence-corrected chi connectivity index (χ1v) is 7.12. The van der Waals surface area contributed by atoms with Crippen LogP contribution >= 0.6 is 0 Å². The third kappa shape index (κ3) is 3.71. The quantitative estimate of drug-likeness (QED) is 0.751. The van der Waals surface area contributed by atoms with E-state index in [1.165, 1.54) is 0 Å². The normalized spacial score (nSPS) is 22.1. The molecule has 1 rings (SSSR count). The molecule has 1 fully saturated rings. The van der Waals surface area contributed by atoms with Gasteiger partial charge in [0, 0.05) is 0 Å². The maximum Gasteiger partial charge on any atom is 0.151 e. The smallest absolute Gasteiger partial charge is 0.151 e. The molecule has 3 heteroatoms. The molecular formula is C15H27NO2. The number of hydrogen-bond acceptors (Lipinski definition) is 3. The lowest BCUT2D eigenvalue weighted by atomic mass is 9.74. The van der Waals surface area contributed by atoms with Crippen LogP contribution in [0.25, 0.3) is 0 Å². The van der Waals surface area contributed by atoms with Crippen LogP contribution in [-0.2, 0) is 0 Å². The lowest BCUT2D eigenvalue weighted by Crippen LogP contribution is -2.52. The summed E-state index contributed by atoms with van der Waals surface area (Å²) in [5, 5.41) is 20.9. The van der Waals surface area contributed by atoms with E-state index < -0.39 is 11.2 Å². The molecule has 0 amide bonds. The number of nitrogens with zero attached hydrogens (tertiary/aromatic N) is 1. The minimum absolute atomic E-state index is 0.652. The minimum Gasteiger partial charge on any atom is -0.386 e. The van der Waals surface area contributed by atoms with Gasteiger partial charge in [-0.3, -0.25) is 4.90 Å². The van der Waals surface area contributed by atoms with Gasteiger partial charge < -0.3 is 10.2 Å². The third-order valence-electron chi connectivity index (χ3n) is 4.12. The monoisotopic (exact) mass is 253 g/mol. The van der Waals surface area contributed by atoms with Crippen LogP contribution in [0.5, 0.6) is 0 Å². The van der Waals surface area contributed by atoms with Crippen molar-refractivity contribution >= 4 is 0 Å². The zero-order valence-corrected chi connectivity index (χ0v) is 12.0. The van der Waals surface area contributed by atoms with Gasteiger partial charge in [0.1, 0.15) is 5.60 Å². The predicted octanol–water partition coefficient (Wildman–Crippen LogP) is 1.78. The second kappa shape index (κ2) is 6.56. The van der Waals surface area contributed by atoms with E-state index in [1.54, 1.807) is 6.92 Å². The van der Waals surface area contributed by atoms with Crippen molar-refractivity contribution in [1.82, 2.24) is 4.90 Å². The number of hydrogen-bond donors (Lipinski definition) is 2. The van der Waals surface area contributed by atoms with Gasteiger partial charge in [-0.1, -0.05) is 45.0 Å². The molecule has 0 saturated heterocycles. The van der Waals surface area contributed by atoms with Crippen LogP contribution in [0.3, 0.4) is 0 Å². The van der Waals surface area contributed by atoms with Gasteiger partial charge in [0.15, 0.2) is 5.60 Å². The van der Waals surface area contributed by atoms with Crippen molar-refractivity contribution in [2.45, 2.75) is 64.1 Å². The van der Waals surface area contributed by atoms with Crippen molar-refractivity contribution in [3.8, 4) is 11.8 Å². The van der Waals surface area contributed by atoms with Crippen molar-refractivity contribution in [1.29, 1.82) is 0 Å². The van der Waals surface area contributed by atoms with Gasteiger partial charge >= 0.3 is 0 Å². The maximum absolute atomic E-state index is 10.5. The van der Waals surface area contributed by atoms with Gasteiger partial charge in [0.25, 0.3) is 0 Å². The average Bonchev–Trinajstić information content (AvgIpc) is 2.35. The van der Waals surface area contributed by atoms with Gasteiger partial charge in [0.05, 0.1) is 6.54 Å². The molecule has 0 heterocycles. The Morgan fingerprint density at radius 3 is 2.22 bits per heavy atom. The molecule has 0 aromatic heterocycles. The van der Waals surface area contributed by atoms with Crippen molar-refractivity contribution in [3.63, 3.8) is 0 Å². The first-order valence-electron chi connectivity index (χ1n) is 7.12. The Labute approximate surface area is 111 Å². The lowest BCUT2D eigenvalue weighted by molar-refractivity contribution is -0.127. The van der Waals surface area contributed by atoms with Crippen LogP contribution in [0.2, 0.25) is 0 Å². The molecule has 2 N–H and O–H groups in total. The standard InChI is InChI=1S/C15H27NO2/c1-4-16(5-2)13-9-10-14(3,17)15(18)11-7-6-8-12-15/h17-18H,4-8,11-13H2,1-3H3. The topological polar surface area (TPSA) is 43.7 Å². The van der Waals surface area contributed by atoms with E-state index in [0.29, 0.717) is 19.4 Å². The van der Waals surface area contributed by atoms with Crippen LogP contribution in [0, 0.1) is 11.8 Å². The molecule has 1 saturated carbocycles. The van der Waals surface area contributed by atoms with Gasteiger partial charge in [0.2, 0.25) is 0 Å². The van der Waals surface area contributed by atoms with Crippen molar-refractivity contribution in [3.05, 3.63) is 0 Å². The fraction of sp³-hybridized carbons (Fsp3) is 0.867. The minimum atomic E-state index is -1.29. The second-order valence-electron chi connectivity index (χ2n) is 5.43. The van der Waals surface area contributed by atoms with Crippen LogP contribution in [-0.4, -0.2) is 45.9 Å². The van der Waals surface area contributed by atoms with Crippen LogP contribution in [0.15, 0.2) is 0 Å². The fourth-order valence-electron chi connectivity index (χ4n) is 2.51. The highest BCUT2D eigenvalue weighted by atomic mass is 16.4. The Bertz CT molecular complexity index is 304. The lowest BCUT2D eigenvalue weighted by Gasteiger charge is -2.40. The van der Waals surface area contributed by atoms with Crippen LogP contribution in [0.4, 0.5) is 0 Å². The van der Waals surface area contributed by atoms with Crippen molar-refractivity contribution < 1.29 is 10.2 Å². The number of aliphatic hydroxyl groups is 2. The zero-order valence-electron chi connectivity index (χ0n) is 12.0. The molecule has 1 atom stereocenters. The summed E-state index contributed by atoms with van der Waals surface area (Å²) in [5.41, 5.74) is -2.32. The van der Waals surface area contributed by atoms with Crippen molar-refractivity contribution in [2.75, 3.05) is 19.6 Å². The maximum atomic E-state index is 10.5. The molecule has 0 aliphatic heterocycles. The van der Waals surface area contributed by atoms with Crippen LogP contribution < -0.4 is 0 Å². The molecule has 104 valence electrons. The summed E-state index contributed by atoms with van der Waals surface area (Å²) in [6.45, 7) is 8.40. The highest BCUT2D eigenvalue weighted by Gasteiger charge is 2.45. The Morgan fingerprint density at radius 1 is 1.17 bits per heavy atom. The Hall–Kier alpha value is -0.560. The Balaban J connectivity index is 2.65. The molecule has 0 radical (unpaired) electrons. The molecule has 18 heavy (non-hydrogen) atoms. The van der Waals surface area contributed by atoms with Gasteiger partial charge in [-0.25, -0.2) is 0 Å². The van der Waals surface area contributed by atoms with Gasteiger partial charge in [-0.15, -0.1) is 0 Å². The summed E-state index contributed by atoms with van der Waals surface area (Å²) < 4.78 is 0. The van der Waals surface area contributed by atoms with E-state index in [0.717, 1.165) is 32.4 Å². The third-order valence-corrected chi connectivity index (χ3v) is 4.12. The summed E-state index contributed by atoms with van der Waals surface area (Å²) >= 11 is 0. The van der Waals surface area contributed by atoms with Gasteiger partial charge in [-0.05, 0) is 32.9 Å². The van der Waals surface area contributed by atoms with Gasteiger partial charge in [-0.2, -0.15) is 0 Å². The molecule has 3 nitrogen and oxygen atoms in total. The van der Waals surface area contributed by atoms with Crippen molar-refractivity contribution in [2.24, 2.45) is 0 Å². The molecule has 1 aliphatic carbocycles. The van der Waals surface area contributed by atoms with E-state index >= 15 is 0 Å². The molecule has 0 aromatic rings. The first-order chi connectivity index (χ1) is 8.45. The first kappa shape index (κ1) is 15.5. The van der Waals surface area contributed by atoms with E-state index in [2.05, 4.69) is 30.6 Å². The van der Waals surface area contributed by atoms with E-state index in [-0.39, 0.29) is 0 Å². The van der Waals surface area contributed by atoms with E-state index in [4.69, 9.17) is 0 Å². The summed E-state index contributed by atoms with van der Waals surface area (Å²) in [4.78, 5) is 2.19. The summed E-state index contributed by atoms with van der Waals surface area (Å²) in [6.07, 6.45) is 4.40. The largest absolute Gasteiger partial charge is 0.386 e. The predicted molar refractivity (Wildman–Crippen MR) is 74.2 cm³/mol. The second-order valence-corrected chi connectivity index (χ2v) is 5.43. The highest BCUT2D eigenvalue weighted by molar-refractivity contribution is 5.20. The molecule has 0 aromatic carbocycles. The molecular weight excluding hydrogens is 226 g/mol. The van der Waals surface area contributed by atoms with E-state index in [9.17, 15) is 10.2 Å². The zero-order chi connectivity index (χ0) is 13.6. The van der Waals surface area contributed by atoms with E-state index in [1.807, 2.05) is 0 Å². The molecule has 1 aliphatic rings. The van der Waals surface area contributed by atoms with Crippen LogP contribution in [0.1, 0.15) is 52.9 Å². The molecule has 0 spiro atoms. The summed E-state index contributed by atoms with van der Waals surface area (Å²) in [5.74, 6) is 5.90. The Morgan fingerprint density at radius 2 is 1.72 bits per heavy atom. The number of rotatable bonds is 4. The fourth-order valence-corrected chi connectivity index (χ4v) is 2.51.